The molecule has 1 aromatic carbocycles. The van der Waals surface area contributed by atoms with Crippen molar-refractivity contribution in [3.05, 3.63) is 27.7 Å². The Morgan fingerprint density at radius 1 is 1.15 bits per heavy atom. The van der Waals surface area contributed by atoms with E-state index in [2.05, 4.69) is 10.2 Å². The average molecular weight is 317 g/mol. The number of phenolic OH excluding ortho intramolecular Hbond substituents is 1. The first kappa shape index (κ1) is 15.9. The molecule has 2 N–H and O–H groups in total. The quantitative estimate of drug-likeness (QED) is 0.786. The Balaban J connectivity index is 1.68. The van der Waals surface area contributed by atoms with E-state index in [1.54, 1.807) is 12.1 Å². The van der Waals surface area contributed by atoms with Gasteiger partial charge in [-0.2, -0.15) is 0 Å². The van der Waals surface area contributed by atoms with Crippen LogP contribution in [-0.2, 0) is 6.54 Å². The third kappa shape index (κ3) is 4.81. The van der Waals surface area contributed by atoms with Crippen LogP contribution in [0, 0.1) is 0 Å². The SMILES string of the molecule is Oc1c(Cl)cc(Cl)cc1CNCCCN1CCCCC1. The van der Waals surface area contributed by atoms with Gasteiger partial charge in [0.05, 0.1) is 5.02 Å². The van der Waals surface area contributed by atoms with Crippen LogP contribution in [-0.4, -0.2) is 36.2 Å². The molecule has 0 bridgehead atoms. The van der Waals surface area contributed by atoms with Gasteiger partial charge in [-0.05, 0) is 57.6 Å². The maximum Gasteiger partial charge on any atom is 0.138 e. The van der Waals surface area contributed by atoms with Gasteiger partial charge in [0.25, 0.3) is 0 Å². The minimum absolute atomic E-state index is 0.125. The third-order valence-corrected chi connectivity index (χ3v) is 4.21. The summed E-state index contributed by atoms with van der Waals surface area (Å²) in [7, 11) is 0. The van der Waals surface area contributed by atoms with Gasteiger partial charge in [0.1, 0.15) is 5.75 Å². The molecular weight excluding hydrogens is 295 g/mol. The number of halogens is 2. The van der Waals surface area contributed by atoms with E-state index >= 15 is 0 Å². The first-order chi connectivity index (χ1) is 9.66. The fraction of sp³-hybridized carbons (Fsp3) is 0.600. The minimum Gasteiger partial charge on any atom is -0.506 e. The lowest BCUT2D eigenvalue weighted by Crippen LogP contribution is -2.32. The zero-order valence-corrected chi connectivity index (χ0v) is 13.2. The number of rotatable bonds is 6. The van der Waals surface area contributed by atoms with Crippen molar-refractivity contribution < 1.29 is 5.11 Å². The van der Waals surface area contributed by atoms with E-state index in [4.69, 9.17) is 23.2 Å². The zero-order valence-electron chi connectivity index (χ0n) is 11.7. The van der Waals surface area contributed by atoms with Crippen LogP contribution >= 0.6 is 23.2 Å². The molecule has 0 spiro atoms. The largest absolute Gasteiger partial charge is 0.506 e. The molecule has 0 atom stereocenters. The molecule has 1 heterocycles. The van der Waals surface area contributed by atoms with E-state index in [0.717, 1.165) is 25.1 Å². The molecule has 0 aromatic heterocycles. The van der Waals surface area contributed by atoms with Crippen LogP contribution in [0.1, 0.15) is 31.2 Å². The molecule has 0 aliphatic carbocycles. The standard InChI is InChI=1S/C15H22Cl2N2O/c16-13-9-12(15(20)14(17)10-13)11-18-5-4-8-19-6-2-1-3-7-19/h9-10,18,20H,1-8,11H2. The van der Waals surface area contributed by atoms with Crippen LogP contribution in [0.4, 0.5) is 0 Å². The molecule has 1 aliphatic rings. The lowest BCUT2D eigenvalue weighted by atomic mass is 10.1. The minimum atomic E-state index is 0.125. The number of aromatic hydroxyl groups is 1. The zero-order chi connectivity index (χ0) is 14.4. The summed E-state index contributed by atoms with van der Waals surface area (Å²) in [5, 5.41) is 14.0. The van der Waals surface area contributed by atoms with Gasteiger partial charge in [-0.3, -0.25) is 0 Å². The van der Waals surface area contributed by atoms with Gasteiger partial charge in [0.2, 0.25) is 0 Å². The molecule has 0 saturated carbocycles. The van der Waals surface area contributed by atoms with Gasteiger partial charge < -0.3 is 15.3 Å². The van der Waals surface area contributed by atoms with Crippen molar-refractivity contribution in [3.63, 3.8) is 0 Å². The highest BCUT2D eigenvalue weighted by molar-refractivity contribution is 6.35. The number of hydrogen-bond acceptors (Lipinski definition) is 3. The van der Waals surface area contributed by atoms with Crippen LogP contribution in [0.3, 0.4) is 0 Å². The lowest BCUT2D eigenvalue weighted by Gasteiger charge is -2.26. The smallest absolute Gasteiger partial charge is 0.138 e. The van der Waals surface area contributed by atoms with Crippen LogP contribution in [0.15, 0.2) is 12.1 Å². The normalized spacial score (nSPS) is 16.5. The van der Waals surface area contributed by atoms with Gasteiger partial charge >= 0.3 is 0 Å². The summed E-state index contributed by atoms with van der Waals surface area (Å²) in [5.41, 5.74) is 0.750. The van der Waals surface area contributed by atoms with Gasteiger partial charge in [-0.25, -0.2) is 0 Å². The number of nitrogens with one attached hydrogen (secondary N) is 1. The Morgan fingerprint density at radius 2 is 1.90 bits per heavy atom. The van der Waals surface area contributed by atoms with Gasteiger partial charge in [-0.1, -0.05) is 29.6 Å². The van der Waals surface area contributed by atoms with Crippen molar-refractivity contribution >= 4 is 23.2 Å². The molecule has 1 aliphatic heterocycles. The number of benzene rings is 1. The molecule has 0 unspecified atom stereocenters. The van der Waals surface area contributed by atoms with Crippen molar-refractivity contribution in [3.8, 4) is 5.75 Å². The fourth-order valence-electron chi connectivity index (χ4n) is 2.59. The van der Waals surface area contributed by atoms with E-state index in [-0.39, 0.29) is 5.75 Å². The number of likely N-dealkylation sites (tertiary alicyclic amines) is 1. The molecule has 0 radical (unpaired) electrons. The monoisotopic (exact) mass is 316 g/mol. The first-order valence-corrected chi connectivity index (χ1v) is 8.02. The van der Waals surface area contributed by atoms with Crippen molar-refractivity contribution in [2.75, 3.05) is 26.2 Å². The second-order valence-corrected chi connectivity index (χ2v) is 6.17. The highest BCUT2D eigenvalue weighted by atomic mass is 35.5. The first-order valence-electron chi connectivity index (χ1n) is 7.27. The number of piperidine rings is 1. The molecular formula is C15H22Cl2N2O. The molecule has 112 valence electrons. The second-order valence-electron chi connectivity index (χ2n) is 5.33. The number of phenols is 1. The van der Waals surface area contributed by atoms with E-state index in [1.807, 2.05) is 0 Å². The summed E-state index contributed by atoms with van der Waals surface area (Å²) in [5.74, 6) is 0.125. The second kappa shape index (κ2) is 8.08. The molecule has 3 nitrogen and oxygen atoms in total. The highest BCUT2D eigenvalue weighted by Gasteiger charge is 2.10. The Labute approximate surface area is 130 Å². The van der Waals surface area contributed by atoms with Gasteiger partial charge in [-0.15, -0.1) is 0 Å². The lowest BCUT2D eigenvalue weighted by molar-refractivity contribution is 0.225. The summed E-state index contributed by atoms with van der Waals surface area (Å²) in [6.45, 7) is 5.15. The fourth-order valence-corrected chi connectivity index (χ4v) is 3.12. The molecule has 20 heavy (non-hydrogen) atoms. The summed E-state index contributed by atoms with van der Waals surface area (Å²) < 4.78 is 0. The molecule has 5 heteroatoms. The predicted molar refractivity (Wildman–Crippen MR) is 84.7 cm³/mol. The van der Waals surface area contributed by atoms with E-state index in [1.165, 1.54) is 32.4 Å². The summed E-state index contributed by atoms with van der Waals surface area (Å²) >= 11 is 11.8. The van der Waals surface area contributed by atoms with Crippen molar-refractivity contribution in [2.24, 2.45) is 0 Å². The maximum absolute atomic E-state index is 9.84. The molecule has 1 aromatic rings. The summed E-state index contributed by atoms with van der Waals surface area (Å²) in [6, 6.07) is 3.30. The predicted octanol–water partition coefficient (Wildman–Crippen LogP) is 3.66. The van der Waals surface area contributed by atoms with Crippen molar-refractivity contribution in [2.45, 2.75) is 32.2 Å². The van der Waals surface area contributed by atoms with Gasteiger partial charge in [0.15, 0.2) is 0 Å². The topological polar surface area (TPSA) is 35.5 Å². The Bertz CT molecular complexity index is 434. The maximum atomic E-state index is 9.84. The molecule has 1 saturated heterocycles. The van der Waals surface area contributed by atoms with Crippen molar-refractivity contribution in [1.29, 1.82) is 0 Å². The average Bonchev–Trinajstić information content (AvgIpc) is 2.44. The van der Waals surface area contributed by atoms with Crippen molar-refractivity contribution in [1.82, 2.24) is 10.2 Å². The summed E-state index contributed by atoms with van der Waals surface area (Å²) in [6.07, 6.45) is 5.17. The van der Waals surface area contributed by atoms with Gasteiger partial charge in [0, 0.05) is 17.1 Å². The number of nitrogens with zero attached hydrogens (tertiary/aromatic N) is 1. The van der Waals surface area contributed by atoms with Crippen LogP contribution in [0.25, 0.3) is 0 Å². The third-order valence-electron chi connectivity index (χ3n) is 3.70. The Kier molecular flexibility index (Phi) is 6.43. The number of hydrogen-bond donors (Lipinski definition) is 2. The van der Waals surface area contributed by atoms with Crippen LogP contribution < -0.4 is 5.32 Å². The Morgan fingerprint density at radius 3 is 2.65 bits per heavy atom. The molecule has 0 amide bonds. The molecule has 1 fully saturated rings. The van der Waals surface area contributed by atoms with Crippen LogP contribution in [0.2, 0.25) is 10.0 Å². The Hall–Kier alpha value is -0.480. The van der Waals surface area contributed by atoms with E-state index in [0.29, 0.717) is 16.6 Å². The van der Waals surface area contributed by atoms with E-state index in [9.17, 15) is 5.11 Å². The highest BCUT2D eigenvalue weighted by Crippen LogP contribution is 2.30. The van der Waals surface area contributed by atoms with E-state index < -0.39 is 0 Å². The molecule has 2 rings (SSSR count). The summed E-state index contributed by atoms with van der Waals surface area (Å²) in [4.78, 5) is 2.53. The van der Waals surface area contributed by atoms with Crippen LogP contribution in [0.5, 0.6) is 5.75 Å².